The number of carbonyl (C=O) groups excluding carboxylic acids is 1. The largest absolute Gasteiger partial charge is 0.454 e. The summed E-state index contributed by atoms with van der Waals surface area (Å²) in [4.78, 5) is 22.3. The fourth-order valence-corrected chi connectivity index (χ4v) is 2.87. The standard InChI is InChI=1S/C16H16Cl2N6O4/c1-10-14(17)15(18)23(21-10)6-2-5-19-16(25)13-4-3-12(28-13)9-22-8-11(7-20-22)24(26)27/h3-4,7-8H,2,5-6,9H2,1H3,(H,19,25). The number of rotatable bonds is 8. The second-order valence-electron chi connectivity index (χ2n) is 5.94. The number of aromatic nitrogens is 4. The van der Waals surface area contributed by atoms with Gasteiger partial charge in [-0.15, -0.1) is 0 Å². The van der Waals surface area contributed by atoms with Crippen molar-refractivity contribution in [3.8, 4) is 0 Å². The van der Waals surface area contributed by atoms with Crippen molar-refractivity contribution in [1.29, 1.82) is 0 Å². The first kappa shape index (κ1) is 19.9. The molecule has 0 radical (unpaired) electrons. The highest BCUT2D eigenvalue weighted by atomic mass is 35.5. The van der Waals surface area contributed by atoms with E-state index in [1.807, 2.05) is 0 Å². The van der Waals surface area contributed by atoms with Gasteiger partial charge in [-0.05, 0) is 25.5 Å². The minimum absolute atomic E-state index is 0.113. The molecule has 0 saturated heterocycles. The Morgan fingerprint density at radius 2 is 2.18 bits per heavy atom. The zero-order valence-electron chi connectivity index (χ0n) is 14.8. The third-order valence-corrected chi connectivity index (χ3v) is 4.80. The van der Waals surface area contributed by atoms with Crippen molar-refractivity contribution in [3.63, 3.8) is 0 Å². The van der Waals surface area contributed by atoms with Crippen LogP contribution in [0.25, 0.3) is 0 Å². The Labute approximate surface area is 169 Å². The first-order valence-electron chi connectivity index (χ1n) is 8.27. The first-order valence-corrected chi connectivity index (χ1v) is 9.03. The molecule has 3 heterocycles. The van der Waals surface area contributed by atoms with E-state index in [0.29, 0.717) is 41.1 Å². The Bertz CT molecular complexity index is 1010. The molecule has 0 aliphatic carbocycles. The lowest BCUT2D eigenvalue weighted by Crippen LogP contribution is -2.25. The Hall–Kier alpha value is -2.85. The second kappa shape index (κ2) is 8.44. The highest BCUT2D eigenvalue weighted by molar-refractivity contribution is 6.41. The molecule has 0 fully saturated rings. The third-order valence-electron chi connectivity index (χ3n) is 3.86. The molecule has 0 atom stereocenters. The summed E-state index contributed by atoms with van der Waals surface area (Å²) >= 11 is 12.0. The topological polar surface area (TPSA) is 121 Å². The fraction of sp³-hybridized carbons (Fsp3) is 0.312. The number of aryl methyl sites for hydroxylation is 2. The van der Waals surface area contributed by atoms with Crippen LogP contribution in [0.5, 0.6) is 0 Å². The number of halogens is 2. The van der Waals surface area contributed by atoms with Crippen molar-refractivity contribution in [2.75, 3.05) is 6.54 Å². The van der Waals surface area contributed by atoms with Gasteiger partial charge in [0.05, 0.1) is 17.2 Å². The van der Waals surface area contributed by atoms with E-state index in [9.17, 15) is 14.9 Å². The first-order chi connectivity index (χ1) is 13.3. The van der Waals surface area contributed by atoms with Crippen LogP contribution in [-0.4, -0.2) is 36.9 Å². The minimum atomic E-state index is -0.532. The zero-order chi connectivity index (χ0) is 20.3. The maximum atomic E-state index is 12.2. The predicted octanol–water partition coefficient (Wildman–Crippen LogP) is 3.06. The summed E-state index contributed by atoms with van der Waals surface area (Å²) in [5, 5.41) is 22.3. The second-order valence-corrected chi connectivity index (χ2v) is 6.68. The molecule has 0 unspecified atom stereocenters. The molecule has 28 heavy (non-hydrogen) atoms. The Morgan fingerprint density at radius 1 is 1.39 bits per heavy atom. The molecule has 3 aromatic rings. The average Bonchev–Trinajstić information content (AvgIpc) is 3.37. The van der Waals surface area contributed by atoms with Gasteiger partial charge >= 0.3 is 5.69 Å². The van der Waals surface area contributed by atoms with Gasteiger partial charge in [-0.3, -0.25) is 24.3 Å². The Kier molecular flexibility index (Phi) is 6.00. The number of nitrogens with zero attached hydrogens (tertiary/aromatic N) is 5. The van der Waals surface area contributed by atoms with Crippen LogP contribution in [0, 0.1) is 17.0 Å². The predicted molar refractivity (Wildman–Crippen MR) is 101 cm³/mol. The average molecular weight is 427 g/mol. The number of hydrogen-bond acceptors (Lipinski definition) is 6. The molecule has 0 aliphatic heterocycles. The highest BCUT2D eigenvalue weighted by Gasteiger charge is 2.14. The summed E-state index contributed by atoms with van der Waals surface area (Å²) in [6.07, 6.45) is 3.04. The van der Waals surface area contributed by atoms with Crippen molar-refractivity contribution in [1.82, 2.24) is 24.9 Å². The molecule has 1 amide bonds. The van der Waals surface area contributed by atoms with Gasteiger partial charge in [0.15, 0.2) is 5.76 Å². The molecule has 0 spiro atoms. The molecular formula is C16H16Cl2N6O4. The summed E-state index contributed by atoms with van der Waals surface area (Å²) in [7, 11) is 0. The van der Waals surface area contributed by atoms with Gasteiger partial charge in [0.1, 0.15) is 28.3 Å². The molecule has 0 saturated carbocycles. The van der Waals surface area contributed by atoms with E-state index < -0.39 is 4.92 Å². The van der Waals surface area contributed by atoms with E-state index >= 15 is 0 Å². The summed E-state index contributed by atoms with van der Waals surface area (Å²) < 4.78 is 8.42. The van der Waals surface area contributed by atoms with Crippen LogP contribution in [0.2, 0.25) is 10.2 Å². The monoisotopic (exact) mass is 426 g/mol. The molecule has 12 heteroatoms. The minimum Gasteiger partial charge on any atom is -0.454 e. The van der Waals surface area contributed by atoms with E-state index in [0.717, 1.165) is 6.20 Å². The number of nitro groups is 1. The highest BCUT2D eigenvalue weighted by Crippen LogP contribution is 2.24. The lowest BCUT2D eigenvalue weighted by Gasteiger charge is -2.05. The van der Waals surface area contributed by atoms with Gasteiger partial charge < -0.3 is 9.73 Å². The Morgan fingerprint density at radius 3 is 2.82 bits per heavy atom. The Balaban J connectivity index is 1.48. The van der Waals surface area contributed by atoms with Crippen molar-refractivity contribution in [3.05, 3.63) is 62.0 Å². The van der Waals surface area contributed by atoms with Crippen LogP contribution in [0.4, 0.5) is 5.69 Å². The fourth-order valence-electron chi connectivity index (χ4n) is 2.48. The van der Waals surface area contributed by atoms with Gasteiger partial charge in [0.25, 0.3) is 5.91 Å². The lowest BCUT2D eigenvalue weighted by atomic mass is 10.3. The molecule has 3 rings (SSSR count). The maximum absolute atomic E-state index is 12.2. The third kappa shape index (κ3) is 4.52. The van der Waals surface area contributed by atoms with Gasteiger partial charge in [0, 0.05) is 13.1 Å². The molecule has 0 aliphatic rings. The van der Waals surface area contributed by atoms with Gasteiger partial charge in [-0.1, -0.05) is 23.2 Å². The number of amides is 1. The van der Waals surface area contributed by atoms with E-state index in [2.05, 4.69) is 15.5 Å². The summed E-state index contributed by atoms with van der Waals surface area (Å²) in [6, 6.07) is 3.16. The maximum Gasteiger partial charge on any atom is 0.307 e. The van der Waals surface area contributed by atoms with Gasteiger partial charge in [-0.25, -0.2) is 0 Å². The van der Waals surface area contributed by atoms with Crippen LogP contribution < -0.4 is 5.32 Å². The van der Waals surface area contributed by atoms with Gasteiger partial charge in [0.2, 0.25) is 0 Å². The summed E-state index contributed by atoms with van der Waals surface area (Å²) in [5.41, 5.74) is 0.541. The zero-order valence-corrected chi connectivity index (χ0v) is 16.3. The number of furan rings is 1. The van der Waals surface area contributed by atoms with E-state index in [1.54, 1.807) is 17.7 Å². The van der Waals surface area contributed by atoms with Crippen LogP contribution in [-0.2, 0) is 13.1 Å². The van der Waals surface area contributed by atoms with Crippen LogP contribution in [0.15, 0.2) is 28.9 Å². The molecule has 10 nitrogen and oxygen atoms in total. The molecule has 0 bridgehead atoms. The van der Waals surface area contributed by atoms with Gasteiger partial charge in [-0.2, -0.15) is 10.2 Å². The quantitative estimate of drug-likeness (QED) is 0.335. The van der Waals surface area contributed by atoms with Crippen molar-refractivity contribution in [2.45, 2.75) is 26.4 Å². The van der Waals surface area contributed by atoms with Crippen molar-refractivity contribution in [2.24, 2.45) is 0 Å². The summed E-state index contributed by atoms with van der Waals surface area (Å²) in [6.45, 7) is 2.85. The van der Waals surface area contributed by atoms with Crippen LogP contribution in [0.3, 0.4) is 0 Å². The van der Waals surface area contributed by atoms with Crippen LogP contribution in [0.1, 0.15) is 28.4 Å². The van der Waals surface area contributed by atoms with E-state index in [1.165, 1.54) is 16.9 Å². The molecule has 1 N–H and O–H groups in total. The molecule has 148 valence electrons. The number of nitrogens with one attached hydrogen (secondary N) is 1. The van der Waals surface area contributed by atoms with Crippen molar-refractivity contribution >= 4 is 34.8 Å². The SMILES string of the molecule is Cc1nn(CCCNC(=O)c2ccc(Cn3cc([N+](=O)[O-])cn3)o2)c(Cl)c1Cl. The normalized spacial score (nSPS) is 11.0. The van der Waals surface area contributed by atoms with Crippen LogP contribution >= 0.6 is 23.2 Å². The lowest BCUT2D eigenvalue weighted by molar-refractivity contribution is -0.385. The summed E-state index contributed by atoms with van der Waals surface area (Å²) in [5.74, 6) is 0.239. The number of hydrogen-bond donors (Lipinski definition) is 1. The van der Waals surface area contributed by atoms with Crippen molar-refractivity contribution < 1.29 is 14.1 Å². The van der Waals surface area contributed by atoms with E-state index in [-0.39, 0.29) is 23.9 Å². The smallest absolute Gasteiger partial charge is 0.307 e. The number of carbonyl (C=O) groups is 1. The molecule has 3 aromatic heterocycles. The van der Waals surface area contributed by atoms with E-state index in [4.69, 9.17) is 27.6 Å². The molecular weight excluding hydrogens is 411 g/mol. The molecule has 0 aromatic carbocycles.